The van der Waals surface area contributed by atoms with E-state index in [0.717, 1.165) is 27.1 Å². The number of amides is 1. The monoisotopic (exact) mass is 547 g/mol. The molecule has 2 heterocycles. The van der Waals surface area contributed by atoms with E-state index in [-0.39, 0.29) is 17.6 Å². The van der Waals surface area contributed by atoms with Crippen LogP contribution in [0.3, 0.4) is 0 Å². The van der Waals surface area contributed by atoms with E-state index in [4.69, 9.17) is 31.5 Å². The van der Waals surface area contributed by atoms with Crippen LogP contribution in [0.15, 0.2) is 41.8 Å². The van der Waals surface area contributed by atoms with Crippen LogP contribution < -0.4 is 10.5 Å². The number of carbonyl (C=O) groups is 1. The number of ether oxygens (including phenoxy) is 3. The Labute approximate surface area is 228 Å². The van der Waals surface area contributed by atoms with Gasteiger partial charge in [0, 0.05) is 25.3 Å². The van der Waals surface area contributed by atoms with E-state index in [1.54, 1.807) is 22.3 Å². The van der Waals surface area contributed by atoms with Gasteiger partial charge in [-0.3, -0.25) is 4.79 Å². The van der Waals surface area contributed by atoms with Gasteiger partial charge in [0.1, 0.15) is 16.5 Å². The van der Waals surface area contributed by atoms with Crippen LogP contribution in [0, 0.1) is 0 Å². The lowest BCUT2D eigenvalue weighted by Gasteiger charge is -2.35. The van der Waals surface area contributed by atoms with Gasteiger partial charge in [0.2, 0.25) is 5.91 Å². The highest BCUT2D eigenvalue weighted by molar-refractivity contribution is 7.17. The molecular weight excluding hydrogens is 510 g/mol. The molecule has 2 atom stereocenters. The van der Waals surface area contributed by atoms with E-state index in [2.05, 4.69) is 4.98 Å². The zero-order chi connectivity index (χ0) is 27.2. The highest BCUT2D eigenvalue weighted by atomic mass is 35.5. The fourth-order valence-corrected chi connectivity index (χ4v) is 5.10. The summed E-state index contributed by atoms with van der Waals surface area (Å²) < 4.78 is 18.6. The molecule has 3 aromatic rings. The maximum atomic E-state index is 13.8. The number of benzene rings is 1. The lowest BCUT2D eigenvalue weighted by Crippen LogP contribution is -2.52. The van der Waals surface area contributed by atoms with E-state index in [9.17, 15) is 4.79 Å². The molecule has 0 aliphatic rings. The number of nitrogens with zero attached hydrogens (tertiary/aromatic N) is 2. The van der Waals surface area contributed by atoms with Crippen molar-refractivity contribution in [3.05, 3.63) is 58.1 Å². The first-order valence-corrected chi connectivity index (χ1v) is 13.9. The fourth-order valence-electron chi connectivity index (χ4n) is 4.06. The molecule has 0 fully saturated rings. The van der Waals surface area contributed by atoms with Gasteiger partial charge in [0.15, 0.2) is 6.29 Å². The van der Waals surface area contributed by atoms with Gasteiger partial charge in [-0.05, 0) is 83.2 Å². The number of nitrogens with two attached hydrogens (primary N) is 1. The average Bonchev–Trinajstić information content (AvgIpc) is 3.23. The number of halogens is 1. The van der Waals surface area contributed by atoms with Crippen molar-refractivity contribution in [3.63, 3.8) is 0 Å². The predicted molar refractivity (Wildman–Crippen MR) is 150 cm³/mol. The van der Waals surface area contributed by atoms with Crippen molar-refractivity contribution in [2.45, 2.75) is 78.5 Å². The Morgan fingerprint density at radius 2 is 1.76 bits per heavy atom. The van der Waals surface area contributed by atoms with E-state index in [1.807, 2.05) is 77.3 Å². The van der Waals surface area contributed by atoms with Gasteiger partial charge in [-0.25, -0.2) is 4.98 Å². The van der Waals surface area contributed by atoms with Crippen molar-refractivity contribution in [2.75, 3.05) is 13.2 Å². The number of hydrogen-bond donors (Lipinski definition) is 1. The molecule has 0 spiro atoms. The molecule has 9 heteroatoms. The van der Waals surface area contributed by atoms with Crippen molar-refractivity contribution in [2.24, 2.45) is 5.73 Å². The van der Waals surface area contributed by atoms with E-state index in [0.29, 0.717) is 31.3 Å². The molecule has 37 heavy (non-hydrogen) atoms. The lowest BCUT2D eigenvalue weighted by molar-refractivity contribution is -0.179. The van der Waals surface area contributed by atoms with Crippen LogP contribution in [0.4, 0.5) is 0 Å². The number of hydrogen-bond acceptors (Lipinski definition) is 7. The molecule has 202 valence electrons. The zero-order valence-electron chi connectivity index (χ0n) is 22.5. The van der Waals surface area contributed by atoms with Crippen molar-refractivity contribution in [1.29, 1.82) is 0 Å². The minimum atomic E-state index is -0.748. The SMILES string of the molecule is CCOC(OCC)[C@H](C)N(Cc1csc2ccc(Cl)nc12)C(=O)[C@@H](N)Cc1ccc(OC(C)(C)C)cc1. The summed E-state index contributed by atoms with van der Waals surface area (Å²) >= 11 is 7.74. The number of rotatable bonds is 12. The Morgan fingerprint density at radius 1 is 1.11 bits per heavy atom. The second-order valence-corrected chi connectivity index (χ2v) is 11.2. The Morgan fingerprint density at radius 3 is 2.35 bits per heavy atom. The molecule has 3 rings (SSSR count). The van der Waals surface area contributed by atoms with E-state index >= 15 is 0 Å². The van der Waals surface area contributed by atoms with Crippen molar-refractivity contribution < 1.29 is 19.0 Å². The summed E-state index contributed by atoms with van der Waals surface area (Å²) in [5.74, 6) is 0.589. The smallest absolute Gasteiger partial charge is 0.240 e. The fraction of sp³-hybridized carbons (Fsp3) is 0.500. The number of carbonyl (C=O) groups excluding carboxylic acids is 1. The van der Waals surface area contributed by atoms with Crippen molar-refractivity contribution >= 4 is 39.1 Å². The van der Waals surface area contributed by atoms with Crippen molar-refractivity contribution in [3.8, 4) is 5.75 Å². The number of fused-ring (bicyclic) bond motifs is 1. The molecule has 1 aromatic carbocycles. The molecule has 1 amide bonds. The van der Waals surface area contributed by atoms with Gasteiger partial charge in [-0.2, -0.15) is 0 Å². The summed E-state index contributed by atoms with van der Waals surface area (Å²) in [5.41, 5.74) is 8.87. The predicted octanol–water partition coefficient (Wildman–Crippen LogP) is 5.81. The second-order valence-electron chi connectivity index (χ2n) is 9.90. The van der Waals surface area contributed by atoms with Gasteiger partial charge in [-0.15, -0.1) is 11.3 Å². The minimum absolute atomic E-state index is 0.187. The maximum absolute atomic E-state index is 13.8. The number of pyridine rings is 1. The molecule has 2 N–H and O–H groups in total. The van der Waals surface area contributed by atoms with Gasteiger partial charge in [-0.1, -0.05) is 23.7 Å². The highest BCUT2D eigenvalue weighted by Gasteiger charge is 2.32. The summed E-state index contributed by atoms with van der Waals surface area (Å²) in [4.78, 5) is 20.0. The van der Waals surface area contributed by atoms with Crippen LogP contribution in [0.1, 0.15) is 52.7 Å². The summed E-state index contributed by atoms with van der Waals surface area (Å²) in [6, 6.07) is 10.3. The van der Waals surface area contributed by atoms with Crippen LogP contribution >= 0.6 is 22.9 Å². The minimum Gasteiger partial charge on any atom is -0.488 e. The molecule has 0 aliphatic heterocycles. The first-order valence-electron chi connectivity index (χ1n) is 12.6. The standard InChI is InChI=1S/C28H38ClN3O4S/c1-7-34-27(35-8-2)18(3)32(16-20-17-37-23-13-14-24(29)31-25(20)23)26(33)22(30)15-19-9-11-21(12-10-19)36-28(4,5)6/h9-14,17-18,22,27H,7-8,15-16,30H2,1-6H3/t18-,22-/m0/s1. The number of thiophene rings is 1. The molecule has 0 aliphatic carbocycles. The van der Waals surface area contributed by atoms with Crippen molar-refractivity contribution in [1.82, 2.24) is 9.88 Å². The Bertz CT molecular complexity index is 1160. The highest BCUT2D eigenvalue weighted by Crippen LogP contribution is 2.28. The molecular formula is C28H38ClN3O4S. The van der Waals surface area contributed by atoms with Gasteiger partial charge in [0.25, 0.3) is 0 Å². The normalized spacial score (nSPS) is 13.6. The van der Waals surface area contributed by atoms with Crippen LogP contribution in [0.5, 0.6) is 5.75 Å². The molecule has 7 nitrogen and oxygen atoms in total. The summed E-state index contributed by atoms with van der Waals surface area (Å²) in [6.45, 7) is 13.0. The molecule has 0 bridgehead atoms. The average molecular weight is 548 g/mol. The number of aromatic nitrogens is 1. The van der Waals surface area contributed by atoms with Gasteiger partial charge >= 0.3 is 0 Å². The van der Waals surface area contributed by atoms with Gasteiger partial charge < -0.3 is 24.8 Å². The third-order valence-corrected chi connectivity index (χ3v) is 6.94. The third kappa shape index (κ3) is 8.12. The summed E-state index contributed by atoms with van der Waals surface area (Å²) in [6.07, 6.45) is -0.193. The van der Waals surface area contributed by atoms with Crippen LogP contribution in [0.25, 0.3) is 10.2 Å². The Balaban J connectivity index is 1.84. The molecule has 0 saturated heterocycles. The van der Waals surface area contributed by atoms with Crippen LogP contribution in [0.2, 0.25) is 5.15 Å². The third-order valence-electron chi connectivity index (χ3n) is 5.75. The quantitative estimate of drug-likeness (QED) is 0.227. The van der Waals surface area contributed by atoms with E-state index in [1.165, 1.54) is 0 Å². The maximum Gasteiger partial charge on any atom is 0.240 e. The van der Waals surface area contributed by atoms with E-state index < -0.39 is 12.3 Å². The first kappa shape index (κ1) is 29.3. The zero-order valence-corrected chi connectivity index (χ0v) is 24.1. The molecule has 2 aromatic heterocycles. The van der Waals surface area contributed by atoms with Crippen LogP contribution in [-0.4, -0.2) is 53.0 Å². The lowest BCUT2D eigenvalue weighted by atomic mass is 10.0. The largest absolute Gasteiger partial charge is 0.488 e. The molecule has 0 saturated carbocycles. The molecule has 0 radical (unpaired) electrons. The first-order chi connectivity index (χ1) is 17.5. The molecule has 0 unspecified atom stereocenters. The van der Waals surface area contributed by atoms with Gasteiger partial charge in [0.05, 0.1) is 22.3 Å². The summed E-state index contributed by atoms with van der Waals surface area (Å²) in [7, 11) is 0. The Hall–Kier alpha value is -2.23. The Kier molecular flexibility index (Phi) is 10.3. The van der Waals surface area contributed by atoms with Crippen LogP contribution in [-0.2, 0) is 27.2 Å². The second kappa shape index (κ2) is 13.0. The topological polar surface area (TPSA) is 86.9 Å². The summed E-state index contributed by atoms with van der Waals surface area (Å²) in [5, 5.41) is 2.42.